The third-order valence-electron chi connectivity index (χ3n) is 6.26. The molecule has 2 aromatic carbocycles. The first kappa shape index (κ1) is 24.7. The number of nitrogens with two attached hydrogens (primary N) is 3. The number of rotatable bonds is 10. The Hall–Kier alpha value is -4.46. The second-order valence-electron chi connectivity index (χ2n) is 8.73. The van der Waals surface area contributed by atoms with Crippen LogP contribution in [0.25, 0.3) is 10.8 Å². The van der Waals surface area contributed by atoms with Crippen molar-refractivity contribution in [1.29, 1.82) is 0 Å². The molecule has 2 heterocycles. The number of anilines is 1. The van der Waals surface area contributed by atoms with Crippen LogP contribution in [0.1, 0.15) is 27.8 Å². The van der Waals surface area contributed by atoms with Gasteiger partial charge in [0.1, 0.15) is 24.0 Å². The first-order valence-corrected chi connectivity index (χ1v) is 11.9. The fourth-order valence-electron chi connectivity index (χ4n) is 4.18. The van der Waals surface area contributed by atoms with E-state index in [2.05, 4.69) is 59.6 Å². The summed E-state index contributed by atoms with van der Waals surface area (Å²) in [7, 11) is 0. The summed E-state index contributed by atoms with van der Waals surface area (Å²) in [4.78, 5) is 4.19. The smallest absolute Gasteiger partial charge is 0.138 e. The van der Waals surface area contributed by atoms with Crippen molar-refractivity contribution < 1.29 is 4.74 Å². The van der Waals surface area contributed by atoms with Gasteiger partial charge in [0.2, 0.25) is 0 Å². The molecule has 0 fully saturated rings. The number of hydrogen-bond donors (Lipinski definition) is 4. The number of nitrogens with one attached hydrogen (secondary N) is 1. The molecule has 8 nitrogen and oxygen atoms in total. The number of benzene rings is 2. The maximum absolute atomic E-state index is 6.23. The molecule has 0 aliphatic carbocycles. The lowest BCUT2D eigenvalue weighted by Gasteiger charge is -2.16. The molecule has 0 saturated heterocycles. The van der Waals surface area contributed by atoms with Crippen molar-refractivity contribution in [2.24, 2.45) is 11.5 Å². The number of aromatic nitrogens is 3. The topological polar surface area (TPSA) is 130 Å². The normalized spacial score (nSPS) is 12.2. The summed E-state index contributed by atoms with van der Waals surface area (Å²) in [5.41, 5.74) is 23.8. The lowest BCUT2D eigenvalue weighted by molar-refractivity contribution is 0.210. The van der Waals surface area contributed by atoms with Gasteiger partial charge in [-0.2, -0.15) is 5.10 Å². The Balaban J connectivity index is 1.32. The van der Waals surface area contributed by atoms with Crippen LogP contribution in [-0.4, -0.2) is 14.8 Å². The van der Waals surface area contributed by atoms with Gasteiger partial charge < -0.3 is 27.3 Å². The summed E-state index contributed by atoms with van der Waals surface area (Å²) in [6.07, 6.45) is 9.52. The monoisotopic (exact) mass is 483 g/mol. The van der Waals surface area contributed by atoms with Gasteiger partial charge in [-0.3, -0.25) is 4.68 Å². The minimum atomic E-state index is 0.393. The summed E-state index contributed by atoms with van der Waals surface area (Å²) in [6.45, 7) is 5.96. The molecule has 0 unspecified atom stereocenters. The van der Waals surface area contributed by atoms with Crippen molar-refractivity contribution in [1.82, 2.24) is 20.1 Å². The highest BCUT2D eigenvalue weighted by molar-refractivity contribution is 5.94. The Morgan fingerprint density at radius 2 is 1.86 bits per heavy atom. The number of allylic oxidation sites excluding steroid dienone is 1. The summed E-state index contributed by atoms with van der Waals surface area (Å²) in [5, 5.41) is 9.55. The van der Waals surface area contributed by atoms with Crippen LogP contribution in [0.4, 0.5) is 5.82 Å². The molecule has 0 saturated carbocycles. The highest BCUT2D eigenvalue weighted by Crippen LogP contribution is 2.27. The Morgan fingerprint density at radius 3 is 2.58 bits per heavy atom. The van der Waals surface area contributed by atoms with Gasteiger partial charge >= 0.3 is 0 Å². The Kier molecular flexibility index (Phi) is 7.75. The van der Waals surface area contributed by atoms with Crippen LogP contribution in [0, 0.1) is 13.8 Å². The second-order valence-corrected chi connectivity index (χ2v) is 8.73. The van der Waals surface area contributed by atoms with Crippen LogP contribution < -0.4 is 22.5 Å². The average Bonchev–Trinajstić information content (AvgIpc) is 3.40. The minimum absolute atomic E-state index is 0.393. The maximum Gasteiger partial charge on any atom is 0.138 e. The van der Waals surface area contributed by atoms with Gasteiger partial charge in [0.15, 0.2) is 0 Å². The molecule has 2 aromatic heterocycles. The molecular formula is C28H33N7O. The molecule has 4 aromatic rings. The van der Waals surface area contributed by atoms with Crippen LogP contribution in [0.3, 0.4) is 0 Å². The van der Waals surface area contributed by atoms with Crippen molar-refractivity contribution in [2.75, 3.05) is 5.73 Å². The van der Waals surface area contributed by atoms with Gasteiger partial charge in [-0.15, -0.1) is 0 Å². The fraction of sp³-hybridized carbons (Fsp3) is 0.214. The van der Waals surface area contributed by atoms with Crippen molar-refractivity contribution in [3.8, 4) is 0 Å². The molecule has 0 amide bonds. The Labute approximate surface area is 211 Å². The number of ether oxygens (including phenoxy) is 1. The van der Waals surface area contributed by atoms with E-state index >= 15 is 0 Å². The summed E-state index contributed by atoms with van der Waals surface area (Å²) >= 11 is 0. The molecule has 186 valence electrons. The lowest BCUT2D eigenvalue weighted by atomic mass is 9.96. The largest absolute Gasteiger partial charge is 0.487 e. The van der Waals surface area contributed by atoms with Gasteiger partial charge in [0, 0.05) is 49.3 Å². The number of fused-ring (bicyclic) bond motifs is 1. The van der Waals surface area contributed by atoms with E-state index in [1.54, 1.807) is 18.5 Å². The van der Waals surface area contributed by atoms with Gasteiger partial charge in [0.05, 0.1) is 0 Å². The minimum Gasteiger partial charge on any atom is -0.487 e. The first-order valence-electron chi connectivity index (χ1n) is 11.9. The van der Waals surface area contributed by atoms with Gasteiger partial charge in [0.25, 0.3) is 0 Å². The molecule has 0 radical (unpaired) electrons. The van der Waals surface area contributed by atoms with Gasteiger partial charge in [-0.1, -0.05) is 24.3 Å². The van der Waals surface area contributed by atoms with Crippen LogP contribution in [0.2, 0.25) is 0 Å². The van der Waals surface area contributed by atoms with Gasteiger partial charge in [-0.25, -0.2) is 4.98 Å². The van der Waals surface area contributed by atoms with E-state index in [9.17, 15) is 0 Å². The van der Waals surface area contributed by atoms with E-state index in [0.717, 1.165) is 46.0 Å². The van der Waals surface area contributed by atoms with Crippen LogP contribution in [0.15, 0.2) is 84.9 Å². The SMILES string of the molecule is Cc1cc2c(N)nccc2c(C)c1CN/C(N)=C/C(=C\N)OCc1ccc(CCn2cccn2)cc1. The first-order chi connectivity index (χ1) is 17.4. The third kappa shape index (κ3) is 5.96. The average molecular weight is 484 g/mol. The lowest BCUT2D eigenvalue weighted by Crippen LogP contribution is -2.21. The summed E-state index contributed by atoms with van der Waals surface area (Å²) < 4.78 is 7.81. The van der Waals surface area contributed by atoms with E-state index in [0.29, 0.717) is 30.5 Å². The molecule has 4 rings (SSSR count). The van der Waals surface area contributed by atoms with E-state index in [1.165, 1.54) is 11.8 Å². The number of nitrogens with zero attached hydrogens (tertiary/aromatic N) is 3. The molecule has 0 bridgehead atoms. The number of hydrogen-bond acceptors (Lipinski definition) is 7. The molecular weight excluding hydrogens is 450 g/mol. The van der Waals surface area contributed by atoms with Crippen molar-refractivity contribution in [3.63, 3.8) is 0 Å². The predicted octanol–water partition coefficient (Wildman–Crippen LogP) is 3.78. The van der Waals surface area contributed by atoms with E-state index < -0.39 is 0 Å². The highest BCUT2D eigenvalue weighted by Gasteiger charge is 2.10. The fourth-order valence-corrected chi connectivity index (χ4v) is 4.18. The van der Waals surface area contributed by atoms with E-state index in [4.69, 9.17) is 21.9 Å². The number of nitrogen functional groups attached to an aromatic ring is 1. The Bertz CT molecular complexity index is 1370. The number of pyridine rings is 1. The molecule has 0 aliphatic heterocycles. The van der Waals surface area contributed by atoms with Crippen molar-refractivity contribution >= 4 is 16.6 Å². The highest BCUT2D eigenvalue weighted by atomic mass is 16.5. The molecule has 0 spiro atoms. The zero-order valence-corrected chi connectivity index (χ0v) is 20.7. The second kappa shape index (κ2) is 11.3. The van der Waals surface area contributed by atoms with Crippen molar-refractivity contribution in [2.45, 2.75) is 40.0 Å². The zero-order chi connectivity index (χ0) is 25.5. The third-order valence-corrected chi connectivity index (χ3v) is 6.26. The van der Waals surface area contributed by atoms with Crippen LogP contribution >= 0.6 is 0 Å². The predicted molar refractivity (Wildman–Crippen MR) is 144 cm³/mol. The van der Waals surface area contributed by atoms with Crippen LogP contribution in [-0.2, 0) is 30.9 Å². The maximum atomic E-state index is 6.23. The van der Waals surface area contributed by atoms with E-state index in [-0.39, 0.29) is 0 Å². The molecule has 8 heteroatoms. The van der Waals surface area contributed by atoms with Crippen LogP contribution in [0.5, 0.6) is 0 Å². The van der Waals surface area contributed by atoms with E-state index in [1.807, 2.05) is 23.0 Å². The Morgan fingerprint density at radius 1 is 1.08 bits per heavy atom. The molecule has 0 aliphatic rings. The van der Waals surface area contributed by atoms with Crippen molar-refractivity contribution in [3.05, 3.63) is 113 Å². The quantitative estimate of drug-likeness (QED) is 0.199. The molecule has 7 N–H and O–H groups in total. The van der Waals surface area contributed by atoms with Gasteiger partial charge in [-0.05, 0) is 71.7 Å². The molecule has 36 heavy (non-hydrogen) atoms. The zero-order valence-electron chi connectivity index (χ0n) is 20.7. The molecule has 0 atom stereocenters. The summed E-state index contributed by atoms with van der Waals surface area (Å²) in [6, 6.07) is 14.3. The standard InChI is InChI=1S/C28H33N7O/c1-19-14-25-24(8-11-32-28(25)31)20(2)26(19)17-33-27(30)15-23(16-29)36-18-22-6-4-21(5-7-22)9-13-35-12-3-10-34-35/h3-8,10-12,14-16,33H,9,13,17-18,29-30H2,1-2H3,(H2,31,32)/b23-16+,27-15+. The summed E-state index contributed by atoms with van der Waals surface area (Å²) in [5.74, 6) is 1.50. The number of aryl methyl sites for hydroxylation is 4.